The fraction of sp³-hybridized carbons (Fsp3) is 0.154. The zero-order chi connectivity index (χ0) is 15.6. The van der Waals surface area contributed by atoms with Crippen LogP contribution in [0.25, 0.3) is 11.1 Å². The summed E-state index contributed by atoms with van der Waals surface area (Å²) in [5.41, 5.74) is 0.431. The minimum atomic E-state index is -0.533. The molecule has 0 unspecified atom stereocenters. The number of nitrogens with zero attached hydrogens (tertiary/aromatic N) is 3. The van der Waals surface area contributed by atoms with E-state index in [0.29, 0.717) is 5.58 Å². The van der Waals surface area contributed by atoms with Crippen molar-refractivity contribution in [3.63, 3.8) is 0 Å². The predicted molar refractivity (Wildman–Crippen MR) is 75.3 cm³/mol. The Morgan fingerprint density at radius 3 is 2.76 bits per heavy atom. The minimum absolute atomic E-state index is 0.00620. The molecule has 0 spiro atoms. The molecule has 2 aromatic rings. The van der Waals surface area contributed by atoms with Crippen molar-refractivity contribution < 1.29 is 14.1 Å². The molecule has 1 N–H and O–H groups in total. The van der Waals surface area contributed by atoms with Gasteiger partial charge in [-0.25, -0.2) is 4.98 Å². The number of allylic oxidation sites excluding steroid dienone is 1. The lowest BCUT2D eigenvalue weighted by Gasteiger charge is -2.04. The van der Waals surface area contributed by atoms with Crippen LogP contribution in [-0.4, -0.2) is 40.5 Å². The van der Waals surface area contributed by atoms with Gasteiger partial charge in [0.1, 0.15) is 11.2 Å². The van der Waals surface area contributed by atoms with Crippen molar-refractivity contribution in [2.45, 2.75) is 0 Å². The van der Waals surface area contributed by atoms with Crippen molar-refractivity contribution in [3.8, 4) is 0 Å². The Balaban J connectivity index is 2.28. The number of rotatable bonds is 4. The van der Waals surface area contributed by atoms with Crippen LogP contribution >= 0.6 is 0 Å². The molecule has 0 aliphatic carbocycles. The van der Waals surface area contributed by atoms with Crippen LogP contribution in [0.15, 0.2) is 34.8 Å². The SMILES string of the molecule is CN(C)C(=O)/C=C\C(=N)c1nc2cc([N+](=O)[O-])ccc2o1. The van der Waals surface area contributed by atoms with Crippen molar-refractivity contribution in [2.75, 3.05) is 14.1 Å². The number of nitro groups is 1. The molecule has 8 heteroatoms. The molecule has 1 amide bonds. The van der Waals surface area contributed by atoms with Gasteiger partial charge in [-0.1, -0.05) is 0 Å². The number of carbonyl (C=O) groups is 1. The van der Waals surface area contributed by atoms with Crippen LogP contribution in [0.3, 0.4) is 0 Å². The van der Waals surface area contributed by atoms with E-state index in [9.17, 15) is 14.9 Å². The molecule has 0 saturated heterocycles. The van der Waals surface area contributed by atoms with E-state index in [2.05, 4.69) is 4.98 Å². The quantitative estimate of drug-likeness (QED) is 0.398. The van der Waals surface area contributed by atoms with Gasteiger partial charge in [-0.15, -0.1) is 0 Å². The van der Waals surface area contributed by atoms with Gasteiger partial charge in [0.05, 0.1) is 4.92 Å². The van der Waals surface area contributed by atoms with Crippen LogP contribution in [0.1, 0.15) is 5.89 Å². The highest BCUT2D eigenvalue weighted by atomic mass is 16.6. The second-order valence-electron chi connectivity index (χ2n) is 4.41. The maximum atomic E-state index is 11.4. The number of amides is 1. The highest BCUT2D eigenvalue weighted by Gasteiger charge is 2.13. The first kappa shape index (κ1) is 14.4. The Morgan fingerprint density at radius 2 is 2.14 bits per heavy atom. The highest BCUT2D eigenvalue weighted by molar-refractivity contribution is 6.07. The van der Waals surface area contributed by atoms with Crippen molar-refractivity contribution in [2.24, 2.45) is 0 Å². The number of nitrogens with one attached hydrogen (secondary N) is 1. The summed E-state index contributed by atoms with van der Waals surface area (Å²) in [5.74, 6) is -0.278. The molecule has 0 saturated carbocycles. The van der Waals surface area contributed by atoms with E-state index in [-0.39, 0.29) is 28.7 Å². The molecule has 0 aliphatic heterocycles. The molecular weight excluding hydrogens is 276 g/mol. The van der Waals surface area contributed by atoms with Crippen LogP contribution in [-0.2, 0) is 4.79 Å². The zero-order valence-electron chi connectivity index (χ0n) is 11.4. The maximum Gasteiger partial charge on any atom is 0.271 e. The normalized spacial score (nSPS) is 11.0. The molecule has 1 heterocycles. The van der Waals surface area contributed by atoms with Crippen LogP contribution in [0.2, 0.25) is 0 Å². The second kappa shape index (κ2) is 5.53. The average molecular weight is 288 g/mol. The first-order valence-corrected chi connectivity index (χ1v) is 5.92. The lowest BCUT2D eigenvalue weighted by molar-refractivity contribution is -0.384. The fourth-order valence-electron chi connectivity index (χ4n) is 1.52. The van der Waals surface area contributed by atoms with E-state index in [1.165, 1.54) is 35.3 Å². The van der Waals surface area contributed by atoms with E-state index in [0.717, 1.165) is 0 Å². The molecule has 0 aliphatic rings. The summed E-state index contributed by atoms with van der Waals surface area (Å²) in [4.78, 5) is 26.9. The van der Waals surface area contributed by atoms with Gasteiger partial charge in [-0.3, -0.25) is 20.3 Å². The van der Waals surface area contributed by atoms with E-state index >= 15 is 0 Å². The number of benzene rings is 1. The number of fused-ring (bicyclic) bond motifs is 1. The summed E-state index contributed by atoms with van der Waals surface area (Å²) in [7, 11) is 3.18. The van der Waals surface area contributed by atoms with Gasteiger partial charge >= 0.3 is 0 Å². The molecule has 0 bridgehead atoms. The topological polar surface area (TPSA) is 113 Å². The summed E-state index contributed by atoms with van der Waals surface area (Å²) in [5, 5.41) is 18.5. The Hall–Kier alpha value is -3.03. The number of oxazole rings is 1. The lowest BCUT2D eigenvalue weighted by atomic mass is 10.3. The van der Waals surface area contributed by atoms with Gasteiger partial charge < -0.3 is 9.32 Å². The van der Waals surface area contributed by atoms with Crippen molar-refractivity contribution >= 4 is 28.4 Å². The molecule has 0 atom stereocenters. The number of hydrogen-bond donors (Lipinski definition) is 1. The van der Waals surface area contributed by atoms with Gasteiger partial charge in [0.25, 0.3) is 5.69 Å². The number of hydrogen-bond acceptors (Lipinski definition) is 6. The summed E-state index contributed by atoms with van der Waals surface area (Å²) in [6.07, 6.45) is 2.49. The Labute approximate surface area is 119 Å². The van der Waals surface area contributed by atoms with E-state index in [1.807, 2.05) is 0 Å². The molecule has 108 valence electrons. The van der Waals surface area contributed by atoms with Gasteiger partial charge in [0.15, 0.2) is 5.58 Å². The van der Waals surface area contributed by atoms with Gasteiger partial charge in [-0.05, 0) is 12.1 Å². The Bertz CT molecular complexity index is 761. The lowest BCUT2D eigenvalue weighted by Crippen LogP contribution is -2.19. The maximum absolute atomic E-state index is 11.4. The largest absolute Gasteiger partial charge is 0.435 e. The predicted octanol–water partition coefficient (Wildman–Crippen LogP) is 1.75. The molecule has 1 aromatic heterocycles. The fourth-order valence-corrected chi connectivity index (χ4v) is 1.52. The van der Waals surface area contributed by atoms with Crippen LogP contribution in [0.5, 0.6) is 0 Å². The summed E-state index contributed by atoms with van der Waals surface area (Å²) in [6.45, 7) is 0. The molecule has 21 heavy (non-hydrogen) atoms. The average Bonchev–Trinajstić information content (AvgIpc) is 2.86. The number of nitro benzene ring substituents is 1. The summed E-state index contributed by atoms with van der Waals surface area (Å²) < 4.78 is 5.32. The van der Waals surface area contributed by atoms with Crippen molar-refractivity contribution in [1.82, 2.24) is 9.88 Å². The first-order valence-electron chi connectivity index (χ1n) is 5.92. The molecule has 1 aromatic carbocycles. The Morgan fingerprint density at radius 1 is 1.43 bits per heavy atom. The van der Waals surface area contributed by atoms with Gasteiger partial charge in [-0.2, -0.15) is 0 Å². The van der Waals surface area contributed by atoms with Crippen LogP contribution in [0.4, 0.5) is 5.69 Å². The van der Waals surface area contributed by atoms with Crippen LogP contribution < -0.4 is 0 Å². The van der Waals surface area contributed by atoms with E-state index in [4.69, 9.17) is 9.83 Å². The van der Waals surface area contributed by atoms with Crippen molar-refractivity contribution in [3.05, 3.63) is 46.4 Å². The third-order valence-corrected chi connectivity index (χ3v) is 2.65. The standard InChI is InChI=1S/C13H12N4O4/c1-16(2)12(18)6-4-9(14)13-15-10-7-8(17(19)20)3-5-11(10)21-13/h3-7,14H,1-2H3/b6-4-,14-9?. The number of aromatic nitrogens is 1. The zero-order valence-corrected chi connectivity index (χ0v) is 11.4. The third kappa shape index (κ3) is 3.11. The summed E-state index contributed by atoms with van der Waals surface area (Å²) >= 11 is 0. The molecule has 2 rings (SSSR count). The van der Waals surface area contributed by atoms with E-state index < -0.39 is 4.92 Å². The number of carbonyl (C=O) groups excluding carboxylic acids is 1. The first-order chi connectivity index (χ1) is 9.88. The second-order valence-corrected chi connectivity index (χ2v) is 4.41. The number of likely N-dealkylation sites (N-methyl/N-ethyl adjacent to an activating group) is 1. The monoisotopic (exact) mass is 288 g/mol. The smallest absolute Gasteiger partial charge is 0.271 e. The highest BCUT2D eigenvalue weighted by Crippen LogP contribution is 2.21. The summed E-state index contributed by atoms with van der Waals surface area (Å²) in [6, 6.07) is 3.99. The van der Waals surface area contributed by atoms with Crippen LogP contribution in [0, 0.1) is 15.5 Å². The molecule has 0 fully saturated rings. The van der Waals surface area contributed by atoms with Gasteiger partial charge in [0.2, 0.25) is 11.8 Å². The third-order valence-electron chi connectivity index (χ3n) is 2.65. The molecule has 0 radical (unpaired) electrons. The van der Waals surface area contributed by atoms with Crippen molar-refractivity contribution in [1.29, 1.82) is 5.41 Å². The Kier molecular flexibility index (Phi) is 3.79. The number of non-ortho nitro benzene ring substituents is 1. The molecule has 8 nitrogen and oxygen atoms in total. The van der Waals surface area contributed by atoms with Gasteiger partial charge in [0, 0.05) is 32.3 Å². The molecular formula is C13H12N4O4. The minimum Gasteiger partial charge on any atom is -0.435 e. The van der Waals surface area contributed by atoms with E-state index in [1.54, 1.807) is 14.1 Å².